The third-order valence-corrected chi connectivity index (χ3v) is 6.97. The number of hydrogen-bond donors (Lipinski definition) is 2. The van der Waals surface area contributed by atoms with E-state index >= 15 is 0 Å². The summed E-state index contributed by atoms with van der Waals surface area (Å²) in [5.74, 6) is -0.630. The van der Waals surface area contributed by atoms with E-state index in [4.69, 9.17) is 4.74 Å². The number of benzene rings is 2. The Morgan fingerprint density at radius 1 is 1.08 bits per heavy atom. The summed E-state index contributed by atoms with van der Waals surface area (Å²) in [5, 5.41) is 2.59. The average molecular weight is 594 g/mol. The minimum absolute atomic E-state index is 0.152. The molecule has 2 aromatic carbocycles. The minimum Gasteiger partial charge on any atom is -0.378 e. The zero-order chi connectivity index (χ0) is 28.8. The molecule has 1 N–H and O–H groups in total. The van der Waals surface area contributed by atoms with Crippen LogP contribution in [0.2, 0.25) is 0 Å². The number of ether oxygens (including phenoxy) is 1. The van der Waals surface area contributed by atoms with Gasteiger partial charge >= 0.3 is 18.4 Å². The highest BCUT2D eigenvalue weighted by Gasteiger charge is 2.46. The van der Waals surface area contributed by atoms with Crippen LogP contribution in [0.1, 0.15) is 30.0 Å². The normalized spacial score (nSPS) is 14.5. The fourth-order valence-electron chi connectivity index (χ4n) is 3.69. The minimum atomic E-state index is -5.37. The highest BCUT2D eigenvalue weighted by atomic mass is 32.2. The van der Waals surface area contributed by atoms with Gasteiger partial charge in [-0.25, -0.2) is 9.10 Å². The van der Waals surface area contributed by atoms with Gasteiger partial charge in [-0.15, -0.1) is 0 Å². The van der Waals surface area contributed by atoms with E-state index in [1.807, 2.05) is 6.92 Å². The number of carbonyl (C=O) groups is 2. The van der Waals surface area contributed by atoms with Crippen molar-refractivity contribution in [2.24, 2.45) is 0 Å². The Labute approximate surface area is 230 Å². The van der Waals surface area contributed by atoms with Crippen molar-refractivity contribution in [2.75, 3.05) is 37.2 Å². The van der Waals surface area contributed by atoms with Crippen molar-refractivity contribution in [1.29, 1.82) is 0 Å². The predicted molar refractivity (Wildman–Crippen MR) is 139 cm³/mol. The summed E-state index contributed by atoms with van der Waals surface area (Å²) >= 11 is 4.57. The summed E-state index contributed by atoms with van der Waals surface area (Å²) in [6.07, 6.45) is -8.49. The van der Waals surface area contributed by atoms with Crippen molar-refractivity contribution in [1.82, 2.24) is 10.2 Å². The number of nitrogens with zero attached hydrogens (tertiary/aromatic N) is 2. The number of amides is 3. The molecule has 14 heteroatoms. The lowest BCUT2D eigenvalue weighted by molar-refractivity contribution is -0.163. The number of alkyl halides is 6. The van der Waals surface area contributed by atoms with Crippen molar-refractivity contribution >= 4 is 48.3 Å². The molecule has 1 aliphatic rings. The first-order chi connectivity index (χ1) is 18.3. The number of hydrogen-bond acceptors (Lipinski definition) is 5. The van der Waals surface area contributed by atoms with Gasteiger partial charge in [0.15, 0.2) is 0 Å². The molecule has 0 radical (unpaired) electrons. The van der Waals surface area contributed by atoms with Gasteiger partial charge in [0.25, 0.3) is 0 Å². The zero-order valence-electron chi connectivity index (χ0n) is 20.6. The molecule has 1 saturated heterocycles. The van der Waals surface area contributed by atoms with Gasteiger partial charge < -0.3 is 15.0 Å². The molecule has 39 heavy (non-hydrogen) atoms. The monoisotopic (exact) mass is 593 g/mol. The molecule has 3 amide bonds. The maximum Gasteiger partial charge on any atom is 0.418 e. The summed E-state index contributed by atoms with van der Waals surface area (Å²) in [5.41, 5.74) is -4.34. The molecule has 212 valence electrons. The molecule has 2 aromatic rings. The molecule has 0 saturated carbocycles. The van der Waals surface area contributed by atoms with Gasteiger partial charge in [-0.1, -0.05) is 43.6 Å². The van der Waals surface area contributed by atoms with E-state index in [1.54, 1.807) is 0 Å². The number of anilines is 1. The average Bonchev–Trinajstić information content (AvgIpc) is 2.89. The lowest BCUT2D eigenvalue weighted by Crippen LogP contribution is -2.39. The third kappa shape index (κ3) is 8.08. The van der Waals surface area contributed by atoms with Crippen LogP contribution < -0.4 is 9.62 Å². The van der Waals surface area contributed by atoms with Crippen molar-refractivity contribution in [3.8, 4) is 0 Å². The second kappa shape index (κ2) is 13.0. The molecule has 0 aliphatic carbocycles. The molecule has 1 aliphatic heterocycles. The van der Waals surface area contributed by atoms with Gasteiger partial charge in [0.05, 0.1) is 30.0 Å². The smallest absolute Gasteiger partial charge is 0.378 e. The quantitative estimate of drug-likeness (QED) is 0.218. The Bertz CT molecular complexity index is 1210. The Balaban J connectivity index is 2.00. The molecule has 0 spiro atoms. The molecular weight excluding hydrogens is 568 g/mol. The number of nitrogens with one attached hydrogen (secondary N) is 1. The highest BCUT2D eigenvalue weighted by Crippen LogP contribution is 2.48. The lowest BCUT2D eigenvalue weighted by atomic mass is 9.99. The highest BCUT2D eigenvalue weighted by molar-refractivity contribution is 7.99. The fraction of sp³-hybridized carbons (Fsp3) is 0.360. The van der Waals surface area contributed by atoms with E-state index in [0.29, 0.717) is 24.7 Å². The number of carbonyl (C=O) groups excluding carboxylic acids is 2. The Hall–Kier alpha value is -2.84. The van der Waals surface area contributed by atoms with Crippen LogP contribution in [0.25, 0.3) is 6.08 Å². The van der Waals surface area contributed by atoms with Gasteiger partial charge in [-0.2, -0.15) is 26.3 Å². The van der Waals surface area contributed by atoms with Crippen LogP contribution in [-0.2, 0) is 21.9 Å². The first-order valence-corrected chi connectivity index (χ1v) is 13.0. The fourth-order valence-corrected chi connectivity index (χ4v) is 4.92. The summed E-state index contributed by atoms with van der Waals surface area (Å²) in [4.78, 5) is 25.3. The third-order valence-electron chi connectivity index (χ3n) is 5.50. The van der Waals surface area contributed by atoms with Crippen LogP contribution in [0.3, 0.4) is 0 Å². The predicted octanol–water partition coefficient (Wildman–Crippen LogP) is 6.52. The number of urea groups is 1. The molecule has 0 bridgehead atoms. The van der Waals surface area contributed by atoms with Crippen molar-refractivity contribution < 1.29 is 40.7 Å². The van der Waals surface area contributed by atoms with Crippen LogP contribution in [0.15, 0.2) is 52.3 Å². The lowest BCUT2D eigenvalue weighted by Gasteiger charge is -2.25. The summed E-state index contributed by atoms with van der Waals surface area (Å²) in [7, 11) is 0. The molecule has 1 fully saturated rings. The molecule has 6 nitrogen and oxygen atoms in total. The molecule has 0 unspecified atom stereocenters. The van der Waals surface area contributed by atoms with Crippen LogP contribution in [0, 0.1) is 0 Å². The van der Waals surface area contributed by atoms with Gasteiger partial charge in [0.2, 0.25) is 5.91 Å². The van der Waals surface area contributed by atoms with Crippen molar-refractivity contribution in [3.05, 3.63) is 59.2 Å². The van der Waals surface area contributed by atoms with Crippen LogP contribution >= 0.6 is 24.6 Å². The molecular formula is C25H25F6N3O3S2. The van der Waals surface area contributed by atoms with E-state index in [1.165, 1.54) is 29.2 Å². The molecule has 3 rings (SSSR count). The van der Waals surface area contributed by atoms with Gasteiger partial charge in [-0.05, 0) is 42.3 Å². The van der Waals surface area contributed by atoms with E-state index in [9.17, 15) is 35.9 Å². The van der Waals surface area contributed by atoms with Gasteiger partial charge in [0.1, 0.15) is 0 Å². The SMILES string of the molecule is CCCNC(=O)N(S)c1cccc(Sc2ccc(C=CC(=O)N3CCOCC3)c(C(F)(F)F)c2C(F)(F)F)c1. The Morgan fingerprint density at radius 2 is 1.74 bits per heavy atom. The maximum absolute atomic E-state index is 14.1. The van der Waals surface area contributed by atoms with Crippen molar-refractivity contribution in [2.45, 2.75) is 35.5 Å². The van der Waals surface area contributed by atoms with Gasteiger partial charge in [-0.3, -0.25) is 4.79 Å². The maximum atomic E-state index is 14.1. The van der Waals surface area contributed by atoms with Crippen LogP contribution in [-0.4, -0.2) is 49.7 Å². The second-order valence-corrected chi connectivity index (χ2v) is 9.83. The number of morpholine rings is 1. The zero-order valence-corrected chi connectivity index (χ0v) is 22.3. The number of halogens is 6. The Kier molecular flexibility index (Phi) is 10.2. The molecule has 1 heterocycles. The van der Waals surface area contributed by atoms with Crippen LogP contribution in [0.4, 0.5) is 36.8 Å². The van der Waals surface area contributed by atoms with E-state index < -0.39 is 45.9 Å². The summed E-state index contributed by atoms with van der Waals surface area (Å²) < 4.78 is 90.7. The van der Waals surface area contributed by atoms with E-state index in [0.717, 1.165) is 28.6 Å². The van der Waals surface area contributed by atoms with E-state index in [-0.39, 0.29) is 36.9 Å². The topological polar surface area (TPSA) is 61.9 Å². The first kappa shape index (κ1) is 30.7. The largest absolute Gasteiger partial charge is 0.418 e. The second-order valence-electron chi connectivity index (χ2n) is 8.31. The molecule has 0 aromatic heterocycles. The van der Waals surface area contributed by atoms with Crippen molar-refractivity contribution in [3.63, 3.8) is 0 Å². The summed E-state index contributed by atoms with van der Waals surface area (Å²) in [6, 6.07) is 6.93. The van der Waals surface area contributed by atoms with E-state index in [2.05, 4.69) is 18.1 Å². The summed E-state index contributed by atoms with van der Waals surface area (Å²) in [6.45, 7) is 3.18. The number of thiol groups is 1. The Morgan fingerprint density at radius 3 is 2.36 bits per heavy atom. The first-order valence-electron chi connectivity index (χ1n) is 11.7. The number of rotatable bonds is 7. The van der Waals surface area contributed by atoms with Gasteiger partial charge in [0, 0.05) is 35.5 Å². The molecule has 0 atom stereocenters. The standard InChI is InChI=1S/C25H25F6N3O3S2/c1-2-10-32-23(36)34(38)17-4-3-5-18(15-17)39-19-8-6-16(7-9-20(35)33-11-13-37-14-12-33)21(24(26,27)28)22(19)25(29,30)31/h3-9,15,38H,2,10-14H2,1H3,(H,32,36). The van der Waals surface area contributed by atoms with Crippen LogP contribution in [0.5, 0.6) is 0 Å².